The van der Waals surface area contributed by atoms with Crippen LogP contribution in [0.3, 0.4) is 0 Å². The topological polar surface area (TPSA) is 26.3 Å². The summed E-state index contributed by atoms with van der Waals surface area (Å²) in [5.41, 5.74) is 0. The fourth-order valence-corrected chi connectivity index (χ4v) is 1.52. The third-order valence-corrected chi connectivity index (χ3v) is 2.37. The van der Waals surface area contributed by atoms with E-state index in [4.69, 9.17) is 4.74 Å². The van der Waals surface area contributed by atoms with Crippen LogP contribution in [0.25, 0.3) is 0 Å². The molecule has 1 aliphatic heterocycles. The van der Waals surface area contributed by atoms with Crippen LogP contribution in [0.2, 0.25) is 0 Å². The number of ether oxygens (including phenoxy) is 1. The largest absolute Gasteiger partial charge is 0.462 e. The average Bonchev–Trinajstić information content (AvgIpc) is 2.15. The minimum absolute atomic E-state index is 0.190. The molecular formula is C11H18O2. The van der Waals surface area contributed by atoms with Crippen molar-refractivity contribution in [1.82, 2.24) is 0 Å². The molecule has 1 unspecified atom stereocenters. The monoisotopic (exact) mass is 182 g/mol. The fraction of sp³-hybridized carbons (Fsp3) is 0.727. The van der Waals surface area contributed by atoms with Gasteiger partial charge in [-0.2, -0.15) is 0 Å². The van der Waals surface area contributed by atoms with Gasteiger partial charge in [-0.3, -0.25) is 0 Å². The standard InChI is InChI=1S/C11H18O2/c1-2-3-4-5-6-10-7-8-11(12)13-9-10/h7-8,10H,2-6,9H2,1H3. The van der Waals surface area contributed by atoms with Crippen LogP contribution in [0.4, 0.5) is 0 Å². The second-order valence-electron chi connectivity index (χ2n) is 3.60. The minimum Gasteiger partial charge on any atom is -0.462 e. The Morgan fingerprint density at radius 3 is 2.92 bits per heavy atom. The Morgan fingerprint density at radius 1 is 1.46 bits per heavy atom. The number of hydrogen-bond acceptors (Lipinski definition) is 2. The van der Waals surface area contributed by atoms with E-state index < -0.39 is 0 Å². The van der Waals surface area contributed by atoms with Crippen LogP contribution in [0.15, 0.2) is 12.2 Å². The van der Waals surface area contributed by atoms with Gasteiger partial charge >= 0.3 is 5.97 Å². The number of carbonyl (C=O) groups excluding carboxylic acids is 1. The summed E-state index contributed by atoms with van der Waals surface area (Å²) in [7, 11) is 0. The fourth-order valence-electron chi connectivity index (χ4n) is 1.52. The third-order valence-electron chi connectivity index (χ3n) is 2.37. The number of hydrogen-bond donors (Lipinski definition) is 0. The van der Waals surface area contributed by atoms with Gasteiger partial charge in [0.2, 0.25) is 0 Å². The van der Waals surface area contributed by atoms with Crippen molar-refractivity contribution in [3.63, 3.8) is 0 Å². The summed E-state index contributed by atoms with van der Waals surface area (Å²) in [5, 5.41) is 0. The zero-order chi connectivity index (χ0) is 9.52. The van der Waals surface area contributed by atoms with Gasteiger partial charge in [-0.15, -0.1) is 0 Å². The molecule has 0 fully saturated rings. The van der Waals surface area contributed by atoms with Crippen LogP contribution in [0.5, 0.6) is 0 Å². The highest BCUT2D eigenvalue weighted by Crippen LogP contribution is 2.15. The van der Waals surface area contributed by atoms with Gasteiger partial charge in [0.05, 0.1) is 6.61 Å². The lowest BCUT2D eigenvalue weighted by molar-refractivity contribution is -0.139. The molecule has 1 rings (SSSR count). The zero-order valence-corrected chi connectivity index (χ0v) is 8.29. The maximum Gasteiger partial charge on any atom is 0.330 e. The molecule has 0 aromatic rings. The molecule has 1 aliphatic rings. The third kappa shape index (κ3) is 4.11. The lowest BCUT2D eigenvalue weighted by atomic mass is 10.00. The summed E-state index contributed by atoms with van der Waals surface area (Å²) < 4.78 is 4.92. The Balaban J connectivity index is 2.09. The van der Waals surface area contributed by atoms with E-state index >= 15 is 0 Å². The van der Waals surface area contributed by atoms with Crippen molar-refractivity contribution in [2.75, 3.05) is 6.61 Å². The van der Waals surface area contributed by atoms with Gasteiger partial charge in [0, 0.05) is 12.0 Å². The number of carbonyl (C=O) groups is 1. The molecule has 0 amide bonds. The van der Waals surface area contributed by atoms with E-state index in [0.717, 1.165) is 6.42 Å². The van der Waals surface area contributed by atoms with Crippen molar-refractivity contribution >= 4 is 5.97 Å². The van der Waals surface area contributed by atoms with Crippen LogP contribution in [-0.2, 0) is 9.53 Å². The molecule has 0 aromatic heterocycles. The molecule has 0 aromatic carbocycles. The first-order chi connectivity index (χ1) is 6.33. The molecule has 0 spiro atoms. The van der Waals surface area contributed by atoms with E-state index in [0.29, 0.717) is 12.5 Å². The van der Waals surface area contributed by atoms with Gasteiger partial charge < -0.3 is 4.74 Å². The SMILES string of the molecule is CCCCCCC1C=CC(=O)OC1. The van der Waals surface area contributed by atoms with Gasteiger partial charge in [-0.1, -0.05) is 38.7 Å². The van der Waals surface area contributed by atoms with E-state index in [9.17, 15) is 4.79 Å². The van der Waals surface area contributed by atoms with Gasteiger partial charge in [0.15, 0.2) is 0 Å². The van der Waals surface area contributed by atoms with Crippen LogP contribution >= 0.6 is 0 Å². The first kappa shape index (κ1) is 10.3. The van der Waals surface area contributed by atoms with Crippen LogP contribution in [0.1, 0.15) is 39.0 Å². The number of cyclic esters (lactones) is 1. The summed E-state index contributed by atoms with van der Waals surface area (Å²) in [4.78, 5) is 10.7. The molecular weight excluding hydrogens is 164 g/mol. The maximum absolute atomic E-state index is 10.7. The van der Waals surface area contributed by atoms with E-state index in [2.05, 4.69) is 6.92 Å². The summed E-state index contributed by atoms with van der Waals surface area (Å²) in [6, 6.07) is 0. The van der Waals surface area contributed by atoms with E-state index in [-0.39, 0.29) is 5.97 Å². The predicted molar refractivity (Wildman–Crippen MR) is 52.3 cm³/mol. The first-order valence-corrected chi connectivity index (χ1v) is 5.18. The van der Waals surface area contributed by atoms with Crippen molar-refractivity contribution in [2.24, 2.45) is 5.92 Å². The second kappa shape index (κ2) is 5.79. The lowest BCUT2D eigenvalue weighted by Gasteiger charge is -2.15. The Morgan fingerprint density at radius 2 is 2.31 bits per heavy atom. The highest BCUT2D eigenvalue weighted by Gasteiger charge is 2.12. The molecule has 0 saturated carbocycles. The Kier molecular flexibility index (Phi) is 4.58. The molecule has 1 atom stereocenters. The molecule has 1 heterocycles. The van der Waals surface area contributed by atoms with Crippen LogP contribution < -0.4 is 0 Å². The number of esters is 1. The molecule has 2 nitrogen and oxygen atoms in total. The zero-order valence-electron chi connectivity index (χ0n) is 8.29. The van der Waals surface area contributed by atoms with Gasteiger partial charge in [-0.25, -0.2) is 4.79 Å². The van der Waals surface area contributed by atoms with Crippen molar-refractivity contribution in [2.45, 2.75) is 39.0 Å². The summed E-state index contributed by atoms with van der Waals surface area (Å²) in [5.74, 6) is 0.277. The molecule has 0 saturated heterocycles. The average molecular weight is 182 g/mol. The highest BCUT2D eigenvalue weighted by atomic mass is 16.5. The van der Waals surface area contributed by atoms with E-state index in [1.807, 2.05) is 6.08 Å². The molecule has 2 heteroatoms. The second-order valence-corrected chi connectivity index (χ2v) is 3.60. The number of unbranched alkanes of at least 4 members (excludes halogenated alkanes) is 3. The van der Waals surface area contributed by atoms with E-state index in [1.165, 1.54) is 25.7 Å². The van der Waals surface area contributed by atoms with Crippen molar-refractivity contribution in [3.8, 4) is 0 Å². The molecule has 74 valence electrons. The van der Waals surface area contributed by atoms with Crippen LogP contribution in [0, 0.1) is 5.92 Å². The Bertz CT molecular complexity index is 185. The Labute approximate surface area is 80.0 Å². The maximum atomic E-state index is 10.7. The highest BCUT2D eigenvalue weighted by molar-refractivity contribution is 5.82. The lowest BCUT2D eigenvalue weighted by Crippen LogP contribution is -2.16. The van der Waals surface area contributed by atoms with Gasteiger partial charge in [-0.05, 0) is 6.42 Å². The molecule has 13 heavy (non-hydrogen) atoms. The van der Waals surface area contributed by atoms with Crippen molar-refractivity contribution < 1.29 is 9.53 Å². The first-order valence-electron chi connectivity index (χ1n) is 5.18. The van der Waals surface area contributed by atoms with E-state index in [1.54, 1.807) is 6.08 Å². The molecule has 0 N–H and O–H groups in total. The van der Waals surface area contributed by atoms with Gasteiger partial charge in [0.25, 0.3) is 0 Å². The smallest absolute Gasteiger partial charge is 0.330 e. The number of rotatable bonds is 5. The molecule has 0 aliphatic carbocycles. The molecule has 0 radical (unpaired) electrons. The van der Waals surface area contributed by atoms with Crippen LogP contribution in [-0.4, -0.2) is 12.6 Å². The minimum atomic E-state index is -0.190. The Hall–Kier alpha value is -0.790. The quantitative estimate of drug-likeness (QED) is 0.482. The van der Waals surface area contributed by atoms with Gasteiger partial charge in [0.1, 0.15) is 0 Å². The normalized spacial score (nSPS) is 21.6. The summed E-state index contributed by atoms with van der Waals surface area (Å²) >= 11 is 0. The van der Waals surface area contributed by atoms with Crippen molar-refractivity contribution in [1.29, 1.82) is 0 Å². The van der Waals surface area contributed by atoms with Crippen molar-refractivity contribution in [3.05, 3.63) is 12.2 Å². The molecule has 0 bridgehead atoms. The summed E-state index contributed by atoms with van der Waals surface area (Å²) in [6.07, 6.45) is 9.83. The summed E-state index contributed by atoms with van der Waals surface area (Å²) in [6.45, 7) is 2.80. The predicted octanol–water partition coefficient (Wildman–Crippen LogP) is 2.69.